The van der Waals surface area contributed by atoms with Crippen LogP contribution in [0.15, 0.2) is 18.2 Å². The molecule has 0 aliphatic rings. The van der Waals surface area contributed by atoms with Crippen molar-refractivity contribution < 1.29 is 14.3 Å². The second-order valence-electron chi connectivity index (χ2n) is 4.60. The number of rotatable bonds is 5. The molecule has 1 N–H and O–H groups in total. The Hall–Kier alpha value is -1.09. The summed E-state index contributed by atoms with van der Waals surface area (Å²) in [5.41, 5.74) is 0.682. The van der Waals surface area contributed by atoms with Gasteiger partial charge in [-0.1, -0.05) is 31.5 Å². The summed E-state index contributed by atoms with van der Waals surface area (Å²) >= 11 is 5.88. The lowest BCUT2D eigenvalue weighted by molar-refractivity contribution is -0.142. The van der Waals surface area contributed by atoms with Crippen LogP contribution in [0.5, 0.6) is 0 Å². The molecule has 1 unspecified atom stereocenters. The SMILES string of the molecule is CC(C)CC(Cc1ccc(F)cc1Cl)C(=O)O. The summed E-state index contributed by atoms with van der Waals surface area (Å²) in [5.74, 6) is -1.41. The largest absolute Gasteiger partial charge is 0.481 e. The van der Waals surface area contributed by atoms with Gasteiger partial charge in [0, 0.05) is 5.02 Å². The molecule has 0 saturated heterocycles. The van der Waals surface area contributed by atoms with E-state index in [1.165, 1.54) is 12.1 Å². The highest BCUT2D eigenvalue weighted by atomic mass is 35.5. The van der Waals surface area contributed by atoms with Gasteiger partial charge in [0.25, 0.3) is 0 Å². The van der Waals surface area contributed by atoms with Crippen molar-refractivity contribution in [3.05, 3.63) is 34.6 Å². The highest BCUT2D eigenvalue weighted by molar-refractivity contribution is 6.31. The van der Waals surface area contributed by atoms with Gasteiger partial charge in [0.2, 0.25) is 0 Å². The van der Waals surface area contributed by atoms with Crippen molar-refractivity contribution in [3.63, 3.8) is 0 Å². The maximum absolute atomic E-state index is 12.9. The van der Waals surface area contributed by atoms with Crippen LogP contribution in [0, 0.1) is 17.7 Å². The van der Waals surface area contributed by atoms with E-state index in [4.69, 9.17) is 16.7 Å². The van der Waals surface area contributed by atoms with Gasteiger partial charge in [0.15, 0.2) is 0 Å². The van der Waals surface area contributed by atoms with E-state index in [1.54, 1.807) is 6.07 Å². The third-order valence-corrected chi connectivity index (χ3v) is 2.94. The Morgan fingerprint density at radius 2 is 2.12 bits per heavy atom. The molecule has 0 heterocycles. The molecule has 4 heteroatoms. The summed E-state index contributed by atoms with van der Waals surface area (Å²) in [6.45, 7) is 3.95. The van der Waals surface area contributed by atoms with E-state index in [0.29, 0.717) is 29.3 Å². The van der Waals surface area contributed by atoms with Crippen LogP contribution < -0.4 is 0 Å². The molecule has 0 aliphatic heterocycles. The van der Waals surface area contributed by atoms with Crippen LogP contribution in [0.3, 0.4) is 0 Å². The molecule has 0 amide bonds. The minimum absolute atomic E-state index is 0.292. The van der Waals surface area contributed by atoms with Gasteiger partial charge in [0.05, 0.1) is 5.92 Å². The quantitative estimate of drug-likeness (QED) is 0.873. The zero-order valence-electron chi connectivity index (χ0n) is 9.91. The van der Waals surface area contributed by atoms with Gasteiger partial charge >= 0.3 is 5.97 Å². The molecule has 1 aromatic carbocycles. The van der Waals surface area contributed by atoms with Gasteiger partial charge in [-0.15, -0.1) is 0 Å². The molecule has 1 aromatic rings. The van der Waals surface area contributed by atoms with E-state index in [-0.39, 0.29) is 0 Å². The van der Waals surface area contributed by atoms with Gasteiger partial charge in [-0.25, -0.2) is 4.39 Å². The molecule has 0 spiro atoms. The molecule has 0 radical (unpaired) electrons. The molecular formula is C13H16ClFO2. The number of carbonyl (C=O) groups is 1. The van der Waals surface area contributed by atoms with Crippen molar-refractivity contribution in [2.45, 2.75) is 26.7 Å². The Labute approximate surface area is 105 Å². The maximum atomic E-state index is 12.9. The van der Waals surface area contributed by atoms with Crippen LogP contribution in [0.1, 0.15) is 25.8 Å². The summed E-state index contributed by atoms with van der Waals surface area (Å²) in [4.78, 5) is 11.1. The van der Waals surface area contributed by atoms with Crippen molar-refractivity contribution in [3.8, 4) is 0 Å². The lowest BCUT2D eigenvalue weighted by Gasteiger charge is -2.15. The molecule has 1 rings (SSSR count). The van der Waals surface area contributed by atoms with Gasteiger partial charge in [-0.3, -0.25) is 4.79 Å². The maximum Gasteiger partial charge on any atom is 0.306 e. The summed E-state index contributed by atoms with van der Waals surface area (Å²) in [6.07, 6.45) is 0.926. The molecule has 0 aliphatic carbocycles. The molecule has 94 valence electrons. The second kappa shape index (κ2) is 6.01. The third kappa shape index (κ3) is 4.35. The number of hydrogen-bond acceptors (Lipinski definition) is 1. The van der Waals surface area contributed by atoms with Crippen molar-refractivity contribution >= 4 is 17.6 Å². The lowest BCUT2D eigenvalue weighted by Crippen LogP contribution is -2.18. The zero-order valence-corrected chi connectivity index (χ0v) is 10.7. The number of benzene rings is 1. The zero-order chi connectivity index (χ0) is 13.0. The highest BCUT2D eigenvalue weighted by Crippen LogP contribution is 2.23. The summed E-state index contributed by atoms with van der Waals surface area (Å²) < 4.78 is 12.9. The van der Waals surface area contributed by atoms with E-state index >= 15 is 0 Å². The van der Waals surface area contributed by atoms with Crippen molar-refractivity contribution in [1.29, 1.82) is 0 Å². The van der Waals surface area contributed by atoms with Crippen LogP contribution in [0.2, 0.25) is 5.02 Å². The Kier molecular flexibility index (Phi) is 4.94. The van der Waals surface area contributed by atoms with Crippen LogP contribution >= 0.6 is 11.6 Å². The fourth-order valence-corrected chi connectivity index (χ4v) is 2.04. The predicted molar refractivity (Wildman–Crippen MR) is 65.7 cm³/mol. The molecule has 2 nitrogen and oxygen atoms in total. The number of hydrogen-bond donors (Lipinski definition) is 1. The van der Waals surface area contributed by atoms with Gasteiger partial charge in [-0.2, -0.15) is 0 Å². The number of carboxylic acids is 1. The first kappa shape index (κ1) is 14.0. The standard InChI is InChI=1S/C13H16ClFO2/c1-8(2)5-10(13(16)17)6-9-3-4-11(15)7-12(9)14/h3-4,7-8,10H,5-6H2,1-2H3,(H,16,17). The Balaban J connectivity index is 2.82. The van der Waals surface area contributed by atoms with Crippen LogP contribution in [-0.4, -0.2) is 11.1 Å². The summed E-state index contributed by atoms with van der Waals surface area (Å²) in [7, 11) is 0. The predicted octanol–water partition coefficient (Wildman–Crippen LogP) is 3.77. The minimum atomic E-state index is -0.834. The monoisotopic (exact) mass is 258 g/mol. The van der Waals surface area contributed by atoms with E-state index in [9.17, 15) is 9.18 Å². The van der Waals surface area contributed by atoms with Gasteiger partial charge in [0.1, 0.15) is 5.82 Å². The molecule has 0 saturated carbocycles. The molecular weight excluding hydrogens is 243 g/mol. The van der Waals surface area contributed by atoms with Crippen molar-refractivity contribution in [1.82, 2.24) is 0 Å². The molecule has 0 bridgehead atoms. The first-order valence-electron chi connectivity index (χ1n) is 5.57. The Morgan fingerprint density at radius 3 is 2.59 bits per heavy atom. The van der Waals surface area contributed by atoms with Crippen LogP contribution in [0.25, 0.3) is 0 Å². The summed E-state index contributed by atoms with van der Waals surface area (Å²) in [5, 5.41) is 9.40. The Bertz CT molecular complexity index is 404. The summed E-state index contributed by atoms with van der Waals surface area (Å²) in [6, 6.07) is 4.06. The first-order chi connectivity index (χ1) is 7.90. The number of halogens is 2. The van der Waals surface area contributed by atoms with E-state index in [1.807, 2.05) is 13.8 Å². The molecule has 17 heavy (non-hydrogen) atoms. The number of aliphatic carboxylic acids is 1. The van der Waals surface area contributed by atoms with Crippen LogP contribution in [0.4, 0.5) is 4.39 Å². The average molecular weight is 259 g/mol. The van der Waals surface area contributed by atoms with E-state index < -0.39 is 17.7 Å². The van der Waals surface area contributed by atoms with E-state index in [2.05, 4.69) is 0 Å². The first-order valence-corrected chi connectivity index (χ1v) is 5.94. The number of carboxylic acid groups (broad SMARTS) is 1. The second-order valence-corrected chi connectivity index (χ2v) is 5.01. The fraction of sp³-hybridized carbons (Fsp3) is 0.462. The van der Waals surface area contributed by atoms with E-state index in [0.717, 1.165) is 0 Å². The smallest absolute Gasteiger partial charge is 0.306 e. The van der Waals surface area contributed by atoms with Gasteiger partial charge in [-0.05, 0) is 36.5 Å². The average Bonchev–Trinajstić information content (AvgIpc) is 2.19. The van der Waals surface area contributed by atoms with Crippen molar-refractivity contribution in [2.24, 2.45) is 11.8 Å². The Morgan fingerprint density at radius 1 is 1.47 bits per heavy atom. The van der Waals surface area contributed by atoms with Crippen LogP contribution in [-0.2, 0) is 11.2 Å². The van der Waals surface area contributed by atoms with Crippen molar-refractivity contribution in [2.75, 3.05) is 0 Å². The normalized spacial score (nSPS) is 12.8. The molecule has 0 fully saturated rings. The molecule has 0 aromatic heterocycles. The lowest BCUT2D eigenvalue weighted by atomic mass is 9.91. The minimum Gasteiger partial charge on any atom is -0.481 e. The highest BCUT2D eigenvalue weighted by Gasteiger charge is 2.20. The topological polar surface area (TPSA) is 37.3 Å². The molecule has 1 atom stereocenters. The fourth-order valence-electron chi connectivity index (χ4n) is 1.79. The third-order valence-electron chi connectivity index (χ3n) is 2.59. The van der Waals surface area contributed by atoms with Gasteiger partial charge < -0.3 is 5.11 Å².